The van der Waals surface area contributed by atoms with Crippen molar-refractivity contribution in [2.45, 2.75) is 20.3 Å². The summed E-state index contributed by atoms with van der Waals surface area (Å²) in [5.74, 6) is -0.272. The van der Waals surface area contributed by atoms with Crippen molar-refractivity contribution < 1.29 is 9.59 Å². The molecule has 2 rings (SSSR count). The van der Waals surface area contributed by atoms with E-state index < -0.39 is 5.41 Å². The van der Waals surface area contributed by atoms with E-state index in [9.17, 15) is 9.59 Å². The molecule has 2 amide bonds. The molecule has 1 aromatic rings. The van der Waals surface area contributed by atoms with Gasteiger partial charge in [0, 0.05) is 12.2 Å². The predicted octanol–water partition coefficient (Wildman–Crippen LogP) is 1.76. The van der Waals surface area contributed by atoms with Crippen molar-refractivity contribution in [2.75, 3.05) is 17.2 Å². The lowest BCUT2D eigenvalue weighted by atomic mass is 9.92. The topological polar surface area (TPSA) is 84.2 Å². The monoisotopic (exact) mass is 281 g/mol. The van der Waals surface area contributed by atoms with Gasteiger partial charge in [-0.15, -0.1) is 0 Å². The molecule has 0 atom stereocenters. The number of carbonyl (C=O) groups is 2. The number of hydrogen-bond donors (Lipinski definition) is 3. The van der Waals surface area contributed by atoms with Crippen LogP contribution in [0.25, 0.3) is 0 Å². The molecule has 0 saturated heterocycles. The van der Waals surface area contributed by atoms with Gasteiger partial charge in [0.25, 0.3) is 0 Å². The molecule has 0 aliphatic carbocycles. The summed E-state index contributed by atoms with van der Waals surface area (Å²) in [7, 11) is 0. The Morgan fingerprint density at radius 2 is 2.21 bits per heavy atom. The second-order valence-electron chi connectivity index (χ2n) is 5.26. The maximum atomic E-state index is 12.0. The highest BCUT2D eigenvalue weighted by molar-refractivity contribution is 6.34. The Kier molecular flexibility index (Phi) is 3.52. The van der Waals surface area contributed by atoms with Crippen LogP contribution >= 0.6 is 11.6 Å². The van der Waals surface area contributed by atoms with E-state index in [1.807, 2.05) is 0 Å². The minimum absolute atomic E-state index is 0.0724. The average molecular weight is 282 g/mol. The lowest BCUT2D eigenvalue weighted by molar-refractivity contribution is -0.123. The van der Waals surface area contributed by atoms with Crippen LogP contribution in [-0.4, -0.2) is 18.4 Å². The van der Waals surface area contributed by atoms with Crippen LogP contribution in [0.4, 0.5) is 11.4 Å². The van der Waals surface area contributed by atoms with Crippen molar-refractivity contribution in [3.8, 4) is 0 Å². The Hall–Kier alpha value is -1.59. The number of amides is 2. The van der Waals surface area contributed by atoms with Gasteiger partial charge in [0.05, 0.1) is 22.5 Å². The molecular formula is C13H16ClN3O2. The number of nitrogens with one attached hydrogen (secondary N) is 2. The molecule has 6 heteroatoms. The first-order valence-electron chi connectivity index (χ1n) is 5.97. The van der Waals surface area contributed by atoms with Crippen LogP contribution in [-0.2, 0) is 16.0 Å². The number of benzene rings is 1. The lowest BCUT2D eigenvalue weighted by Gasteiger charge is -2.22. The third-order valence-corrected chi connectivity index (χ3v) is 3.50. The molecule has 0 radical (unpaired) electrons. The molecule has 19 heavy (non-hydrogen) atoms. The van der Waals surface area contributed by atoms with Crippen LogP contribution in [0, 0.1) is 5.41 Å². The number of halogens is 1. The van der Waals surface area contributed by atoms with E-state index in [-0.39, 0.29) is 18.4 Å². The first kappa shape index (κ1) is 13.8. The van der Waals surface area contributed by atoms with Gasteiger partial charge in [-0.1, -0.05) is 11.6 Å². The molecular weight excluding hydrogens is 266 g/mol. The van der Waals surface area contributed by atoms with Crippen LogP contribution in [0.1, 0.15) is 19.4 Å². The summed E-state index contributed by atoms with van der Waals surface area (Å²) in [6, 6.07) is 3.37. The van der Waals surface area contributed by atoms with Crippen molar-refractivity contribution in [3.63, 3.8) is 0 Å². The normalized spacial score (nSPS) is 14.0. The van der Waals surface area contributed by atoms with Crippen molar-refractivity contribution in [1.82, 2.24) is 0 Å². The zero-order valence-corrected chi connectivity index (χ0v) is 11.6. The van der Waals surface area contributed by atoms with Gasteiger partial charge in [-0.2, -0.15) is 0 Å². The van der Waals surface area contributed by atoms with Crippen LogP contribution < -0.4 is 16.4 Å². The van der Waals surface area contributed by atoms with Gasteiger partial charge in [0.1, 0.15) is 0 Å². The molecule has 0 fully saturated rings. The van der Waals surface area contributed by atoms with E-state index in [2.05, 4.69) is 10.6 Å². The SMILES string of the molecule is CC(C)(CN)C(=O)Nc1cc2c(cc1Cl)NC(=O)C2. The van der Waals surface area contributed by atoms with E-state index >= 15 is 0 Å². The Bertz CT molecular complexity index is 555. The van der Waals surface area contributed by atoms with Gasteiger partial charge in [0.2, 0.25) is 11.8 Å². The molecule has 1 aromatic carbocycles. The summed E-state index contributed by atoms with van der Waals surface area (Å²) in [5.41, 5.74) is 6.92. The molecule has 0 aromatic heterocycles. The summed E-state index contributed by atoms with van der Waals surface area (Å²) in [6.07, 6.45) is 0.301. The molecule has 0 unspecified atom stereocenters. The van der Waals surface area contributed by atoms with Crippen molar-refractivity contribution in [2.24, 2.45) is 11.1 Å². The van der Waals surface area contributed by atoms with E-state index in [0.717, 1.165) is 5.56 Å². The summed E-state index contributed by atoms with van der Waals surface area (Å²) >= 11 is 6.10. The molecule has 0 spiro atoms. The average Bonchev–Trinajstić information content (AvgIpc) is 2.68. The number of rotatable bonds is 3. The molecule has 5 nitrogen and oxygen atoms in total. The largest absolute Gasteiger partial charge is 0.329 e. The quantitative estimate of drug-likeness (QED) is 0.789. The first-order chi connectivity index (χ1) is 8.83. The highest BCUT2D eigenvalue weighted by Gasteiger charge is 2.27. The Balaban J connectivity index is 2.25. The Morgan fingerprint density at radius 1 is 1.53 bits per heavy atom. The molecule has 1 heterocycles. The van der Waals surface area contributed by atoms with E-state index in [1.165, 1.54) is 0 Å². The third-order valence-electron chi connectivity index (χ3n) is 3.19. The van der Waals surface area contributed by atoms with Gasteiger partial charge in [-0.05, 0) is 31.5 Å². The fourth-order valence-corrected chi connectivity index (χ4v) is 1.94. The molecule has 102 valence electrons. The molecule has 4 N–H and O–H groups in total. The predicted molar refractivity (Wildman–Crippen MR) is 75.3 cm³/mol. The molecule has 1 aliphatic rings. The third kappa shape index (κ3) is 2.72. The maximum Gasteiger partial charge on any atom is 0.231 e. The number of carbonyl (C=O) groups excluding carboxylic acids is 2. The van der Waals surface area contributed by atoms with Crippen LogP contribution in [0.15, 0.2) is 12.1 Å². The van der Waals surface area contributed by atoms with Gasteiger partial charge in [-0.25, -0.2) is 0 Å². The minimum atomic E-state index is -0.670. The van der Waals surface area contributed by atoms with E-state index in [1.54, 1.807) is 26.0 Å². The summed E-state index contributed by atoms with van der Waals surface area (Å²) < 4.78 is 0. The number of nitrogens with two attached hydrogens (primary N) is 1. The van der Waals surface area contributed by atoms with Crippen molar-refractivity contribution in [3.05, 3.63) is 22.7 Å². The number of fused-ring (bicyclic) bond motifs is 1. The standard InChI is InChI=1S/C13H16ClN3O2/c1-13(2,6-15)12(19)17-10-3-7-4-11(18)16-9(7)5-8(10)14/h3,5H,4,6,15H2,1-2H3,(H,16,18)(H,17,19). The zero-order chi connectivity index (χ0) is 14.2. The van der Waals surface area contributed by atoms with E-state index in [4.69, 9.17) is 17.3 Å². The fraction of sp³-hybridized carbons (Fsp3) is 0.385. The minimum Gasteiger partial charge on any atom is -0.329 e. The molecule has 0 bridgehead atoms. The van der Waals surface area contributed by atoms with Gasteiger partial charge in [0.15, 0.2) is 0 Å². The zero-order valence-electron chi connectivity index (χ0n) is 10.8. The smallest absolute Gasteiger partial charge is 0.231 e. The lowest BCUT2D eigenvalue weighted by Crippen LogP contribution is -2.37. The second-order valence-corrected chi connectivity index (χ2v) is 5.66. The van der Waals surface area contributed by atoms with E-state index in [0.29, 0.717) is 22.8 Å². The van der Waals surface area contributed by atoms with Gasteiger partial charge in [-0.3, -0.25) is 9.59 Å². The van der Waals surface area contributed by atoms with Crippen LogP contribution in [0.5, 0.6) is 0 Å². The number of hydrogen-bond acceptors (Lipinski definition) is 3. The summed E-state index contributed by atoms with van der Waals surface area (Å²) in [4.78, 5) is 23.3. The van der Waals surface area contributed by atoms with Crippen molar-refractivity contribution in [1.29, 1.82) is 0 Å². The van der Waals surface area contributed by atoms with Crippen LogP contribution in [0.3, 0.4) is 0 Å². The fourth-order valence-electron chi connectivity index (χ4n) is 1.73. The first-order valence-corrected chi connectivity index (χ1v) is 6.35. The second kappa shape index (κ2) is 4.83. The molecule has 1 aliphatic heterocycles. The Morgan fingerprint density at radius 3 is 2.84 bits per heavy atom. The molecule has 0 saturated carbocycles. The van der Waals surface area contributed by atoms with Crippen LogP contribution in [0.2, 0.25) is 5.02 Å². The number of anilines is 2. The maximum absolute atomic E-state index is 12.0. The summed E-state index contributed by atoms with van der Waals surface area (Å²) in [5, 5.41) is 5.85. The highest BCUT2D eigenvalue weighted by Crippen LogP contribution is 2.33. The van der Waals surface area contributed by atoms with Crippen molar-refractivity contribution >= 4 is 34.8 Å². The summed E-state index contributed by atoms with van der Waals surface area (Å²) in [6.45, 7) is 3.75. The van der Waals surface area contributed by atoms with Gasteiger partial charge >= 0.3 is 0 Å². The highest BCUT2D eigenvalue weighted by atomic mass is 35.5. The Labute approximate surface area is 116 Å². The van der Waals surface area contributed by atoms with Gasteiger partial charge < -0.3 is 16.4 Å².